The van der Waals surface area contributed by atoms with E-state index in [1.165, 1.54) is 5.56 Å². The molecule has 1 saturated heterocycles. The lowest BCUT2D eigenvalue weighted by molar-refractivity contribution is -0.136. The monoisotopic (exact) mass is 259 g/mol. The van der Waals surface area contributed by atoms with Crippen LogP contribution in [0.3, 0.4) is 0 Å². The highest BCUT2D eigenvalue weighted by molar-refractivity contribution is 5.86. The Morgan fingerprint density at radius 2 is 2.05 bits per heavy atom. The standard InChI is InChI=1S/C16H21NO2/c18-12-14-6-9-17(11-14)15(19)16(7-8-16)10-13-4-2-1-3-5-13/h1-5,14,18H,6-12H2. The minimum absolute atomic E-state index is 0.133. The quantitative estimate of drug-likeness (QED) is 0.896. The lowest BCUT2D eigenvalue weighted by Crippen LogP contribution is -2.36. The van der Waals surface area contributed by atoms with Crippen molar-refractivity contribution in [2.45, 2.75) is 25.7 Å². The van der Waals surface area contributed by atoms with Crippen molar-refractivity contribution in [3.8, 4) is 0 Å². The topological polar surface area (TPSA) is 40.5 Å². The molecule has 1 saturated carbocycles. The molecule has 1 atom stereocenters. The Morgan fingerprint density at radius 3 is 2.63 bits per heavy atom. The number of aliphatic hydroxyl groups excluding tert-OH is 1. The van der Waals surface area contributed by atoms with Crippen LogP contribution in [0.15, 0.2) is 30.3 Å². The molecule has 2 aliphatic rings. The van der Waals surface area contributed by atoms with Crippen LogP contribution in [-0.4, -0.2) is 35.6 Å². The van der Waals surface area contributed by atoms with E-state index in [-0.39, 0.29) is 17.9 Å². The maximum atomic E-state index is 12.6. The summed E-state index contributed by atoms with van der Waals surface area (Å²) in [5.74, 6) is 0.601. The van der Waals surface area contributed by atoms with Crippen LogP contribution in [0.1, 0.15) is 24.8 Å². The van der Waals surface area contributed by atoms with Crippen LogP contribution in [0.25, 0.3) is 0 Å². The van der Waals surface area contributed by atoms with Gasteiger partial charge in [-0.2, -0.15) is 0 Å². The molecule has 2 fully saturated rings. The molecule has 19 heavy (non-hydrogen) atoms. The summed E-state index contributed by atoms with van der Waals surface area (Å²) in [6.45, 7) is 1.77. The summed E-state index contributed by atoms with van der Waals surface area (Å²) in [6.07, 6.45) is 3.85. The normalized spacial score (nSPS) is 24.5. The van der Waals surface area contributed by atoms with E-state index in [2.05, 4.69) is 12.1 Å². The van der Waals surface area contributed by atoms with Gasteiger partial charge >= 0.3 is 0 Å². The number of likely N-dealkylation sites (tertiary alicyclic amines) is 1. The Hall–Kier alpha value is -1.35. The van der Waals surface area contributed by atoms with E-state index in [0.717, 1.165) is 38.8 Å². The van der Waals surface area contributed by atoms with Crippen LogP contribution in [0.2, 0.25) is 0 Å². The first-order valence-corrected chi connectivity index (χ1v) is 7.18. The fourth-order valence-electron chi connectivity index (χ4n) is 3.11. The molecule has 1 N–H and O–H groups in total. The van der Waals surface area contributed by atoms with Gasteiger partial charge in [-0.15, -0.1) is 0 Å². The van der Waals surface area contributed by atoms with Crippen molar-refractivity contribution in [2.24, 2.45) is 11.3 Å². The molecule has 1 unspecified atom stereocenters. The Bertz CT molecular complexity index is 453. The summed E-state index contributed by atoms with van der Waals surface area (Å²) in [6, 6.07) is 10.3. The van der Waals surface area contributed by atoms with Crippen LogP contribution in [0.4, 0.5) is 0 Å². The van der Waals surface area contributed by atoms with Gasteiger partial charge in [0.2, 0.25) is 5.91 Å². The zero-order chi connectivity index (χ0) is 13.3. The molecule has 0 spiro atoms. The maximum Gasteiger partial charge on any atom is 0.229 e. The predicted molar refractivity (Wildman–Crippen MR) is 73.6 cm³/mol. The third kappa shape index (κ3) is 2.52. The average Bonchev–Trinajstić information content (AvgIpc) is 3.06. The average molecular weight is 259 g/mol. The fraction of sp³-hybridized carbons (Fsp3) is 0.562. The van der Waals surface area contributed by atoms with E-state index in [9.17, 15) is 9.90 Å². The third-order valence-electron chi connectivity index (χ3n) is 4.52. The van der Waals surface area contributed by atoms with E-state index in [4.69, 9.17) is 0 Å². The molecule has 3 nitrogen and oxygen atoms in total. The van der Waals surface area contributed by atoms with E-state index in [1.807, 2.05) is 23.1 Å². The highest BCUT2D eigenvalue weighted by Crippen LogP contribution is 2.50. The Balaban J connectivity index is 1.66. The zero-order valence-corrected chi connectivity index (χ0v) is 11.2. The second-order valence-electron chi connectivity index (χ2n) is 6.03. The molecule has 102 valence electrons. The first-order chi connectivity index (χ1) is 9.23. The molecule has 3 rings (SSSR count). The summed E-state index contributed by atoms with van der Waals surface area (Å²) < 4.78 is 0. The number of aliphatic hydroxyl groups is 1. The molecule has 1 aromatic carbocycles. The van der Waals surface area contributed by atoms with Crippen LogP contribution in [0, 0.1) is 11.3 Å². The predicted octanol–water partition coefficient (Wildman–Crippen LogP) is 1.85. The van der Waals surface area contributed by atoms with Gasteiger partial charge in [-0.25, -0.2) is 0 Å². The number of amides is 1. The molecule has 3 heteroatoms. The van der Waals surface area contributed by atoms with Crippen molar-refractivity contribution in [1.82, 2.24) is 4.90 Å². The molecule has 1 aliphatic heterocycles. The van der Waals surface area contributed by atoms with Crippen molar-refractivity contribution >= 4 is 5.91 Å². The lowest BCUT2D eigenvalue weighted by Gasteiger charge is -2.23. The van der Waals surface area contributed by atoms with Gasteiger partial charge < -0.3 is 10.0 Å². The molecule has 1 heterocycles. The zero-order valence-electron chi connectivity index (χ0n) is 11.2. The highest BCUT2D eigenvalue weighted by Gasteiger charge is 2.52. The van der Waals surface area contributed by atoms with Gasteiger partial charge in [-0.1, -0.05) is 30.3 Å². The van der Waals surface area contributed by atoms with Gasteiger partial charge in [0.25, 0.3) is 0 Å². The van der Waals surface area contributed by atoms with Gasteiger partial charge in [0, 0.05) is 25.6 Å². The number of benzene rings is 1. The SMILES string of the molecule is O=C(N1CCC(CO)C1)C1(Cc2ccccc2)CC1. The molecule has 1 aliphatic carbocycles. The summed E-state index contributed by atoms with van der Waals surface area (Å²) >= 11 is 0. The Kier molecular flexibility index (Phi) is 3.31. The fourth-order valence-corrected chi connectivity index (χ4v) is 3.11. The first kappa shape index (κ1) is 12.7. The van der Waals surface area contributed by atoms with Gasteiger partial charge in [0.05, 0.1) is 5.41 Å². The molecular formula is C16H21NO2. The largest absolute Gasteiger partial charge is 0.396 e. The highest BCUT2D eigenvalue weighted by atomic mass is 16.3. The molecule has 1 aromatic rings. The maximum absolute atomic E-state index is 12.6. The first-order valence-electron chi connectivity index (χ1n) is 7.18. The molecule has 0 bridgehead atoms. The van der Waals surface area contributed by atoms with E-state index < -0.39 is 0 Å². The van der Waals surface area contributed by atoms with Crippen LogP contribution in [-0.2, 0) is 11.2 Å². The van der Waals surface area contributed by atoms with E-state index >= 15 is 0 Å². The lowest BCUT2D eigenvalue weighted by atomic mass is 9.95. The summed E-state index contributed by atoms with van der Waals surface area (Å²) in [7, 11) is 0. The smallest absolute Gasteiger partial charge is 0.229 e. The van der Waals surface area contributed by atoms with Crippen molar-refractivity contribution in [3.63, 3.8) is 0 Å². The number of carbonyl (C=O) groups is 1. The van der Waals surface area contributed by atoms with E-state index in [1.54, 1.807) is 0 Å². The van der Waals surface area contributed by atoms with Gasteiger partial charge in [-0.3, -0.25) is 4.79 Å². The molecule has 0 radical (unpaired) electrons. The molecule has 1 amide bonds. The van der Waals surface area contributed by atoms with Crippen LogP contribution < -0.4 is 0 Å². The summed E-state index contributed by atoms with van der Waals surface area (Å²) in [4.78, 5) is 14.6. The van der Waals surface area contributed by atoms with Crippen molar-refractivity contribution in [1.29, 1.82) is 0 Å². The number of nitrogens with zero attached hydrogens (tertiary/aromatic N) is 1. The second kappa shape index (κ2) is 4.97. The minimum Gasteiger partial charge on any atom is -0.396 e. The van der Waals surface area contributed by atoms with Crippen molar-refractivity contribution in [3.05, 3.63) is 35.9 Å². The Morgan fingerprint density at radius 1 is 1.32 bits per heavy atom. The van der Waals surface area contributed by atoms with Crippen molar-refractivity contribution < 1.29 is 9.90 Å². The minimum atomic E-state index is -0.133. The van der Waals surface area contributed by atoms with Crippen LogP contribution >= 0.6 is 0 Å². The second-order valence-corrected chi connectivity index (χ2v) is 6.03. The number of hydrogen-bond acceptors (Lipinski definition) is 2. The molecular weight excluding hydrogens is 238 g/mol. The van der Waals surface area contributed by atoms with Gasteiger partial charge in [-0.05, 0) is 31.2 Å². The third-order valence-corrected chi connectivity index (χ3v) is 4.52. The van der Waals surface area contributed by atoms with E-state index in [0.29, 0.717) is 5.91 Å². The Labute approximate surface area is 114 Å². The van der Waals surface area contributed by atoms with Gasteiger partial charge in [0.1, 0.15) is 0 Å². The number of carbonyl (C=O) groups excluding carboxylic acids is 1. The van der Waals surface area contributed by atoms with Crippen molar-refractivity contribution in [2.75, 3.05) is 19.7 Å². The molecule has 0 aromatic heterocycles. The summed E-state index contributed by atoms with van der Waals surface area (Å²) in [5, 5.41) is 9.18. The number of rotatable bonds is 4. The van der Waals surface area contributed by atoms with Gasteiger partial charge in [0.15, 0.2) is 0 Å². The number of hydrogen-bond donors (Lipinski definition) is 1. The van der Waals surface area contributed by atoms with Crippen LogP contribution in [0.5, 0.6) is 0 Å². The summed E-state index contributed by atoms with van der Waals surface area (Å²) in [5.41, 5.74) is 1.12.